The molecule has 2 aliphatic heterocycles. The Hall–Kier alpha value is -2.68. The number of carbonyl (C=O) groups is 1. The number of aromatic nitrogens is 1. The van der Waals surface area contributed by atoms with Crippen LogP contribution in [-0.4, -0.2) is 47.7 Å². The smallest absolute Gasteiger partial charge is 0.449 e. The molecule has 0 radical (unpaired) electrons. The number of hydrogen-bond donors (Lipinski definition) is 2. The van der Waals surface area contributed by atoms with Gasteiger partial charge in [0.15, 0.2) is 5.75 Å². The molecule has 0 spiro atoms. The molecule has 3 aliphatic rings. The first kappa shape index (κ1) is 19.3. The number of aryl methyl sites for hydroxylation is 1. The first-order chi connectivity index (χ1) is 14.3. The van der Waals surface area contributed by atoms with Gasteiger partial charge in [-0.25, -0.2) is 13.6 Å². The van der Waals surface area contributed by atoms with E-state index in [0.29, 0.717) is 35.3 Å². The van der Waals surface area contributed by atoms with Gasteiger partial charge >= 0.3 is 6.16 Å². The van der Waals surface area contributed by atoms with Gasteiger partial charge in [-0.05, 0) is 43.9 Å². The fourth-order valence-corrected chi connectivity index (χ4v) is 5.13. The molecule has 5 rings (SSSR count). The Kier molecular flexibility index (Phi) is 4.46. The summed E-state index contributed by atoms with van der Waals surface area (Å²) in [4.78, 5) is 25.8. The molecule has 1 aromatic heterocycles. The van der Waals surface area contributed by atoms with E-state index >= 15 is 4.39 Å². The van der Waals surface area contributed by atoms with E-state index in [1.807, 2.05) is 4.90 Å². The van der Waals surface area contributed by atoms with Crippen LogP contribution in [0.25, 0.3) is 10.9 Å². The standard InChI is InChI=1S/C21H23F2N3O4/c1-10-18-12(20(27)17(30-21(28)29)9-26(18)16-6-13(16)22)5-14(23)19(10)25-7-11-3-2-4-24-15(11)8-25/h5,9,11,13,15-16,24H,2-4,6-8H2,1H3,(H,28,29)/t11-,13-,15+,16+/m0/s1. The summed E-state index contributed by atoms with van der Waals surface area (Å²) < 4.78 is 35.4. The summed E-state index contributed by atoms with van der Waals surface area (Å²) in [5.74, 6) is -0.542. The molecule has 0 amide bonds. The molecular formula is C21H23F2N3O4. The summed E-state index contributed by atoms with van der Waals surface area (Å²) in [7, 11) is 0. The maximum Gasteiger partial charge on any atom is 0.511 e. The third-order valence-corrected chi connectivity index (χ3v) is 6.60. The average molecular weight is 419 g/mol. The van der Waals surface area contributed by atoms with Crippen LogP contribution in [0.15, 0.2) is 17.1 Å². The van der Waals surface area contributed by atoms with Crippen LogP contribution < -0.4 is 20.4 Å². The summed E-state index contributed by atoms with van der Waals surface area (Å²) in [6, 6.07) is 0.917. The number of benzene rings is 1. The molecule has 4 atom stereocenters. The summed E-state index contributed by atoms with van der Waals surface area (Å²) >= 11 is 0. The van der Waals surface area contributed by atoms with Gasteiger partial charge in [0.1, 0.15) is 12.0 Å². The average Bonchev–Trinajstić information content (AvgIpc) is 3.26. The molecule has 0 bridgehead atoms. The number of nitrogens with one attached hydrogen (secondary N) is 1. The number of nitrogens with zero attached hydrogens (tertiary/aromatic N) is 2. The number of hydrogen-bond acceptors (Lipinski definition) is 5. The summed E-state index contributed by atoms with van der Waals surface area (Å²) in [6.45, 7) is 4.09. The zero-order valence-electron chi connectivity index (χ0n) is 16.5. The van der Waals surface area contributed by atoms with Crippen molar-refractivity contribution in [3.63, 3.8) is 0 Å². The quantitative estimate of drug-likeness (QED) is 0.745. The number of ether oxygens (including phenoxy) is 1. The number of rotatable bonds is 3. The third kappa shape index (κ3) is 3.03. The normalized spacial score (nSPS) is 27.9. The molecule has 0 unspecified atom stereocenters. The maximum atomic E-state index is 15.3. The van der Waals surface area contributed by atoms with Crippen molar-refractivity contribution in [3.8, 4) is 5.75 Å². The third-order valence-electron chi connectivity index (χ3n) is 6.60. The van der Waals surface area contributed by atoms with Crippen LogP contribution in [0.1, 0.15) is 30.9 Å². The van der Waals surface area contributed by atoms with Crippen molar-refractivity contribution in [1.82, 2.24) is 9.88 Å². The van der Waals surface area contributed by atoms with E-state index in [0.717, 1.165) is 32.0 Å². The zero-order valence-corrected chi connectivity index (χ0v) is 16.5. The van der Waals surface area contributed by atoms with Crippen molar-refractivity contribution in [2.75, 3.05) is 24.5 Å². The highest BCUT2D eigenvalue weighted by molar-refractivity contribution is 5.89. The Morgan fingerprint density at radius 1 is 1.37 bits per heavy atom. The second kappa shape index (κ2) is 6.94. The van der Waals surface area contributed by atoms with Gasteiger partial charge in [0, 0.05) is 25.6 Å². The van der Waals surface area contributed by atoms with Gasteiger partial charge in [-0.3, -0.25) is 4.79 Å². The molecule has 30 heavy (non-hydrogen) atoms. The van der Waals surface area contributed by atoms with E-state index in [1.54, 1.807) is 11.5 Å². The largest absolute Gasteiger partial charge is 0.511 e. The molecule has 9 heteroatoms. The van der Waals surface area contributed by atoms with Gasteiger partial charge in [-0.1, -0.05) is 0 Å². The fourth-order valence-electron chi connectivity index (χ4n) is 5.13. The Bertz CT molecular complexity index is 1090. The molecule has 1 aromatic carbocycles. The minimum Gasteiger partial charge on any atom is -0.449 e. The lowest BCUT2D eigenvalue weighted by atomic mass is 9.94. The van der Waals surface area contributed by atoms with Crippen molar-refractivity contribution >= 4 is 22.7 Å². The van der Waals surface area contributed by atoms with Crippen molar-refractivity contribution in [1.29, 1.82) is 0 Å². The first-order valence-corrected chi connectivity index (χ1v) is 10.3. The fraction of sp³-hybridized carbons (Fsp3) is 0.524. The highest BCUT2D eigenvalue weighted by Crippen LogP contribution is 2.43. The minimum absolute atomic E-state index is 0.00124. The number of halogens is 2. The Morgan fingerprint density at radius 3 is 2.80 bits per heavy atom. The van der Waals surface area contributed by atoms with E-state index in [4.69, 9.17) is 5.11 Å². The number of piperidine rings is 1. The molecule has 2 aromatic rings. The van der Waals surface area contributed by atoms with Crippen molar-refractivity contribution in [2.24, 2.45) is 5.92 Å². The Balaban J connectivity index is 1.67. The van der Waals surface area contributed by atoms with Crippen LogP contribution in [0.3, 0.4) is 0 Å². The van der Waals surface area contributed by atoms with E-state index in [1.165, 1.54) is 6.20 Å². The van der Waals surface area contributed by atoms with Gasteiger partial charge in [-0.15, -0.1) is 0 Å². The molecule has 2 saturated heterocycles. The second-order valence-corrected chi connectivity index (χ2v) is 8.51. The van der Waals surface area contributed by atoms with Crippen LogP contribution in [-0.2, 0) is 0 Å². The van der Waals surface area contributed by atoms with E-state index in [9.17, 15) is 14.0 Å². The van der Waals surface area contributed by atoms with Crippen molar-refractivity contribution in [2.45, 2.75) is 44.4 Å². The van der Waals surface area contributed by atoms with Crippen LogP contribution in [0.2, 0.25) is 0 Å². The van der Waals surface area contributed by atoms with Gasteiger partial charge in [0.25, 0.3) is 0 Å². The number of anilines is 1. The predicted molar refractivity (Wildman–Crippen MR) is 107 cm³/mol. The first-order valence-electron chi connectivity index (χ1n) is 10.3. The predicted octanol–water partition coefficient (Wildman–Crippen LogP) is 2.98. The van der Waals surface area contributed by atoms with Crippen LogP contribution in [0.5, 0.6) is 5.75 Å². The van der Waals surface area contributed by atoms with Gasteiger partial charge in [-0.2, -0.15) is 0 Å². The Labute approximate surface area is 171 Å². The van der Waals surface area contributed by atoms with E-state index < -0.39 is 35.4 Å². The molecule has 3 fully saturated rings. The molecule has 7 nitrogen and oxygen atoms in total. The molecule has 160 valence electrons. The number of pyridine rings is 1. The van der Waals surface area contributed by atoms with Crippen molar-refractivity contribution in [3.05, 3.63) is 33.9 Å². The van der Waals surface area contributed by atoms with Gasteiger partial charge in [0.05, 0.1) is 28.8 Å². The number of fused-ring (bicyclic) bond motifs is 2. The number of carboxylic acid groups (broad SMARTS) is 1. The minimum atomic E-state index is -1.65. The number of alkyl halides is 1. The molecule has 1 saturated carbocycles. The Morgan fingerprint density at radius 2 is 2.13 bits per heavy atom. The lowest BCUT2D eigenvalue weighted by Gasteiger charge is -2.24. The zero-order chi connectivity index (χ0) is 21.2. The monoisotopic (exact) mass is 419 g/mol. The maximum absolute atomic E-state index is 15.3. The molecular weight excluding hydrogens is 396 g/mol. The summed E-state index contributed by atoms with van der Waals surface area (Å²) in [5, 5.41) is 12.4. The molecule has 3 heterocycles. The van der Waals surface area contributed by atoms with Gasteiger partial charge < -0.3 is 24.6 Å². The molecule has 2 N–H and O–H groups in total. The summed E-state index contributed by atoms with van der Waals surface area (Å²) in [5.41, 5.74) is 0.698. The van der Waals surface area contributed by atoms with E-state index in [-0.39, 0.29) is 11.8 Å². The molecule has 1 aliphatic carbocycles. The van der Waals surface area contributed by atoms with Crippen LogP contribution >= 0.6 is 0 Å². The topological polar surface area (TPSA) is 83.8 Å². The lowest BCUT2D eigenvalue weighted by Crippen LogP contribution is -2.40. The van der Waals surface area contributed by atoms with Crippen molar-refractivity contribution < 1.29 is 23.4 Å². The van der Waals surface area contributed by atoms with E-state index in [2.05, 4.69) is 10.1 Å². The second-order valence-electron chi connectivity index (χ2n) is 8.51. The lowest BCUT2D eigenvalue weighted by molar-refractivity contribution is 0.143. The highest BCUT2D eigenvalue weighted by Gasteiger charge is 2.41. The van der Waals surface area contributed by atoms with Crippen LogP contribution in [0, 0.1) is 18.7 Å². The van der Waals surface area contributed by atoms with Crippen LogP contribution in [0.4, 0.5) is 19.3 Å². The van der Waals surface area contributed by atoms with Gasteiger partial charge in [0.2, 0.25) is 5.43 Å². The summed E-state index contributed by atoms with van der Waals surface area (Å²) in [6.07, 6.45) is 0.942. The highest BCUT2D eigenvalue weighted by atomic mass is 19.1. The SMILES string of the molecule is Cc1c(N2C[C@@H]3CCCN[C@@H]3C2)c(F)cc2c(=O)c(OC(=O)O)cn([C@@H]3C[C@@H]3F)c12.